The highest BCUT2D eigenvalue weighted by Gasteiger charge is 2.06. The van der Waals surface area contributed by atoms with Crippen molar-refractivity contribution in [2.75, 3.05) is 0 Å². The fraction of sp³-hybridized carbons (Fsp3) is 0.0714. The average Bonchev–Trinajstić information content (AvgIpc) is 3.00. The number of hydrogen-bond acceptors (Lipinski definition) is 4. The molecule has 0 aromatic carbocycles. The maximum absolute atomic E-state index is 6.26. The molecule has 0 fully saturated rings. The molecule has 0 atom stereocenters. The van der Waals surface area contributed by atoms with Gasteiger partial charge in [-0.25, -0.2) is 15.0 Å². The average molecular weight is 366 g/mol. The summed E-state index contributed by atoms with van der Waals surface area (Å²) < 4.78 is 8.11. The van der Waals surface area contributed by atoms with E-state index in [-0.39, 0.29) is 0 Å². The van der Waals surface area contributed by atoms with Gasteiger partial charge in [0, 0.05) is 36.3 Å². The van der Waals surface area contributed by atoms with E-state index in [0.29, 0.717) is 23.3 Å². The minimum atomic E-state index is 0.305. The second-order valence-electron chi connectivity index (χ2n) is 4.19. The summed E-state index contributed by atoms with van der Waals surface area (Å²) in [5.74, 6) is 1.24. The van der Waals surface area contributed by atoms with Crippen molar-refractivity contribution in [2.45, 2.75) is 6.61 Å². The van der Waals surface area contributed by atoms with Crippen LogP contribution in [-0.4, -0.2) is 19.5 Å². The lowest BCUT2D eigenvalue weighted by molar-refractivity contribution is 0.293. The lowest BCUT2D eigenvalue weighted by Gasteiger charge is -2.08. The molecular formula is C14H10BrClN4O. The van der Waals surface area contributed by atoms with Gasteiger partial charge in [0.1, 0.15) is 23.4 Å². The molecule has 3 aromatic rings. The Morgan fingerprint density at radius 3 is 2.95 bits per heavy atom. The monoisotopic (exact) mass is 364 g/mol. The van der Waals surface area contributed by atoms with Gasteiger partial charge in [0.25, 0.3) is 0 Å². The number of hydrogen-bond donors (Lipinski definition) is 0. The Morgan fingerprint density at radius 1 is 1.33 bits per heavy atom. The molecule has 106 valence electrons. The Balaban J connectivity index is 1.74. The van der Waals surface area contributed by atoms with E-state index in [1.165, 1.54) is 0 Å². The smallest absolute Gasteiger partial charge is 0.214 e. The second kappa shape index (κ2) is 6.24. The highest BCUT2D eigenvalue weighted by Crippen LogP contribution is 2.20. The predicted octanol–water partition coefficient (Wildman–Crippen LogP) is 3.66. The van der Waals surface area contributed by atoms with E-state index < -0.39 is 0 Å². The molecule has 0 N–H and O–H groups in total. The van der Waals surface area contributed by atoms with Crippen molar-refractivity contribution in [2.24, 2.45) is 0 Å². The fourth-order valence-electron chi connectivity index (χ4n) is 1.71. The van der Waals surface area contributed by atoms with Crippen LogP contribution in [0.4, 0.5) is 0 Å². The molecular weight excluding hydrogens is 356 g/mol. The van der Waals surface area contributed by atoms with Crippen molar-refractivity contribution in [3.8, 4) is 11.7 Å². The third kappa shape index (κ3) is 3.40. The van der Waals surface area contributed by atoms with Gasteiger partial charge in [-0.15, -0.1) is 0 Å². The molecule has 5 nitrogen and oxygen atoms in total. The number of rotatable bonds is 4. The third-order valence-electron chi connectivity index (χ3n) is 2.75. The number of halogens is 2. The SMILES string of the molecule is Clc1cc(-n2ccnc2)ncc1COc1cccc(Br)n1. The van der Waals surface area contributed by atoms with Gasteiger partial charge in [-0.05, 0) is 22.0 Å². The first kappa shape index (κ1) is 14.0. The van der Waals surface area contributed by atoms with Crippen molar-refractivity contribution >= 4 is 27.5 Å². The molecule has 0 spiro atoms. The number of pyridine rings is 2. The second-order valence-corrected chi connectivity index (χ2v) is 5.41. The predicted molar refractivity (Wildman–Crippen MR) is 82.6 cm³/mol. The summed E-state index contributed by atoms with van der Waals surface area (Å²) >= 11 is 9.56. The minimum absolute atomic E-state index is 0.305. The maximum Gasteiger partial charge on any atom is 0.214 e. The molecule has 0 aliphatic rings. The minimum Gasteiger partial charge on any atom is -0.473 e. The largest absolute Gasteiger partial charge is 0.473 e. The number of ether oxygens (including phenoxy) is 1. The van der Waals surface area contributed by atoms with Crippen LogP contribution in [0.25, 0.3) is 5.82 Å². The van der Waals surface area contributed by atoms with Crippen LogP contribution in [0.15, 0.2) is 53.8 Å². The molecule has 3 heterocycles. The van der Waals surface area contributed by atoms with Gasteiger partial charge < -0.3 is 4.74 Å². The van der Waals surface area contributed by atoms with Crippen molar-refractivity contribution in [1.29, 1.82) is 0 Å². The summed E-state index contributed by atoms with van der Waals surface area (Å²) in [6, 6.07) is 7.25. The zero-order valence-corrected chi connectivity index (χ0v) is 13.1. The molecule has 0 amide bonds. The highest BCUT2D eigenvalue weighted by molar-refractivity contribution is 9.10. The summed E-state index contributed by atoms with van der Waals surface area (Å²) in [5, 5.41) is 0.587. The normalized spacial score (nSPS) is 10.6. The van der Waals surface area contributed by atoms with E-state index in [0.717, 1.165) is 10.2 Å². The summed E-state index contributed by atoms with van der Waals surface area (Å²) in [4.78, 5) is 12.5. The van der Waals surface area contributed by atoms with Crippen molar-refractivity contribution < 1.29 is 4.74 Å². The van der Waals surface area contributed by atoms with Crippen LogP contribution in [0.2, 0.25) is 5.02 Å². The Kier molecular flexibility index (Phi) is 4.17. The van der Waals surface area contributed by atoms with Crippen molar-refractivity contribution in [3.05, 3.63) is 64.4 Å². The van der Waals surface area contributed by atoms with E-state index in [1.807, 2.05) is 12.1 Å². The fourth-order valence-corrected chi connectivity index (χ4v) is 2.24. The lowest BCUT2D eigenvalue weighted by atomic mass is 10.3. The Hall–Kier alpha value is -1.92. The molecule has 0 aliphatic carbocycles. The summed E-state index contributed by atoms with van der Waals surface area (Å²) in [5.41, 5.74) is 0.794. The zero-order chi connectivity index (χ0) is 14.7. The zero-order valence-electron chi connectivity index (χ0n) is 10.8. The van der Waals surface area contributed by atoms with Gasteiger partial charge in [0.05, 0.1) is 5.02 Å². The molecule has 3 rings (SSSR count). The topological polar surface area (TPSA) is 52.8 Å². The molecule has 0 saturated heterocycles. The van der Waals surface area contributed by atoms with E-state index in [1.54, 1.807) is 41.6 Å². The number of nitrogens with zero attached hydrogens (tertiary/aromatic N) is 4. The van der Waals surface area contributed by atoms with Crippen molar-refractivity contribution in [3.63, 3.8) is 0 Å². The summed E-state index contributed by atoms with van der Waals surface area (Å²) in [7, 11) is 0. The van der Waals surface area contributed by atoms with Crippen LogP contribution >= 0.6 is 27.5 Å². The first-order chi connectivity index (χ1) is 10.2. The van der Waals surface area contributed by atoms with Gasteiger partial charge in [-0.3, -0.25) is 4.57 Å². The van der Waals surface area contributed by atoms with Crippen LogP contribution in [0.5, 0.6) is 5.88 Å². The van der Waals surface area contributed by atoms with Crippen LogP contribution in [0, 0.1) is 0 Å². The maximum atomic E-state index is 6.26. The van der Waals surface area contributed by atoms with E-state index >= 15 is 0 Å². The standard InChI is InChI=1S/C14H10BrClN4O/c15-12-2-1-3-14(19-12)21-8-10-7-18-13(6-11(10)16)20-5-4-17-9-20/h1-7,9H,8H2. The highest BCUT2D eigenvalue weighted by atomic mass is 79.9. The van der Waals surface area contributed by atoms with Gasteiger partial charge in [0.15, 0.2) is 0 Å². The lowest BCUT2D eigenvalue weighted by Crippen LogP contribution is -2.01. The molecule has 21 heavy (non-hydrogen) atoms. The van der Waals surface area contributed by atoms with Gasteiger partial charge in [-0.1, -0.05) is 17.7 Å². The first-order valence-corrected chi connectivity index (χ1v) is 7.27. The van der Waals surface area contributed by atoms with E-state index in [2.05, 4.69) is 30.9 Å². The quantitative estimate of drug-likeness (QED) is 0.662. The third-order valence-corrected chi connectivity index (χ3v) is 3.54. The Bertz CT molecular complexity index is 748. The molecule has 0 radical (unpaired) electrons. The molecule has 0 bridgehead atoms. The van der Waals surface area contributed by atoms with Gasteiger partial charge in [0.2, 0.25) is 5.88 Å². The Morgan fingerprint density at radius 2 is 2.24 bits per heavy atom. The van der Waals surface area contributed by atoms with Crippen LogP contribution in [0.3, 0.4) is 0 Å². The molecule has 0 aliphatic heterocycles. The summed E-state index contributed by atoms with van der Waals surface area (Å²) in [6.45, 7) is 0.305. The van der Waals surface area contributed by atoms with Gasteiger partial charge >= 0.3 is 0 Å². The van der Waals surface area contributed by atoms with Gasteiger partial charge in [-0.2, -0.15) is 0 Å². The number of aromatic nitrogens is 4. The van der Waals surface area contributed by atoms with Crippen LogP contribution < -0.4 is 4.74 Å². The van der Waals surface area contributed by atoms with Crippen LogP contribution in [-0.2, 0) is 6.61 Å². The molecule has 7 heteroatoms. The first-order valence-electron chi connectivity index (χ1n) is 6.10. The molecule has 3 aromatic heterocycles. The molecule has 0 saturated carbocycles. The Labute approximate surface area is 134 Å². The van der Waals surface area contributed by atoms with Crippen molar-refractivity contribution in [1.82, 2.24) is 19.5 Å². The van der Waals surface area contributed by atoms with E-state index in [9.17, 15) is 0 Å². The summed E-state index contributed by atoms with van der Waals surface area (Å²) in [6.07, 6.45) is 6.85. The number of imidazole rings is 1. The van der Waals surface area contributed by atoms with E-state index in [4.69, 9.17) is 16.3 Å². The molecule has 0 unspecified atom stereocenters. The van der Waals surface area contributed by atoms with Crippen LogP contribution in [0.1, 0.15) is 5.56 Å².